The van der Waals surface area contributed by atoms with Crippen LogP contribution in [0, 0.1) is 6.92 Å². The number of rotatable bonds is 12. The summed E-state index contributed by atoms with van der Waals surface area (Å²) in [6.45, 7) is 11.6. The lowest BCUT2D eigenvalue weighted by atomic mass is 10.1. The fourth-order valence-electron chi connectivity index (χ4n) is 5.96. The third kappa shape index (κ3) is 8.14. The summed E-state index contributed by atoms with van der Waals surface area (Å²) in [5.41, 5.74) is 4.25. The lowest BCUT2D eigenvalue weighted by Gasteiger charge is -2.26. The second kappa shape index (κ2) is 15.1. The molecule has 1 aromatic heterocycles. The van der Waals surface area contributed by atoms with E-state index in [4.69, 9.17) is 4.74 Å². The van der Waals surface area contributed by atoms with Crippen molar-refractivity contribution in [2.45, 2.75) is 72.4 Å². The summed E-state index contributed by atoms with van der Waals surface area (Å²) in [6.07, 6.45) is 7.47. The minimum absolute atomic E-state index is 0.0148. The SMILES string of the molecule is CCC(CC)NC(=O)Nc1ccc(Oc2ccc(NC(=O)c3ccc4c(c3)c(C(C)=O)cn4CCN3CCCCC3)cc2C)cc1. The summed E-state index contributed by atoms with van der Waals surface area (Å²) in [4.78, 5) is 40.5. The Bertz CT molecular complexity index is 1680. The zero-order chi connectivity index (χ0) is 32.6. The summed E-state index contributed by atoms with van der Waals surface area (Å²) in [6, 6.07) is 18.2. The molecule has 1 fully saturated rings. The fourth-order valence-corrected chi connectivity index (χ4v) is 5.96. The highest BCUT2D eigenvalue weighted by atomic mass is 16.5. The number of Topliss-reactive ketones (excluding diaryl/α,β-unsaturated/α-hetero) is 1. The number of benzene rings is 3. The molecule has 0 unspecified atom stereocenters. The van der Waals surface area contributed by atoms with Crippen molar-refractivity contribution in [1.29, 1.82) is 0 Å². The van der Waals surface area contributed by atoms with Crippen LogP contribution in [0.15, 0.2) is 66.9 Å². The summed E-state index contributed by atoms with van der Waals surface area (Å²) in [7, 11) is 0. The number of ether oxygens (including phenoxy) is 1. The summed E-state index contributed by atoms with van der Waals surface area (Å²) < 4.78 is 8.22. The first kappa shape index (κ1) is 32.8. The predicted molar refractivity (Wildman–Crippen MR) is 184 cm³/mol. The molecule has 3 aromatic carbocycles. The van der Waals surface area contributed by atoms with Gasteiger partial charge in [-0.1, -0.05) is 20.3 Å². The minimum Gasteiger partial charge on any atom is -0.457 e. The van der Waals surface area contributed by atoms with Gasteiger partial charge in [0.2, 0.25) is 0 Å². The Morgan fingerprint density at radius 2 is 1.57 bits per heavy atom. The highest BCUT2D eigenvalue weighted by molar-refractivity contribution is 6.11. The maximum atomic E-state index is 13.3. The molecule has 1 aliphatic heterocycles. The summed E-state index contributed by atoms with van der Waals surface area (Å²) in [5.74, 6) is 1.02. The number of aryl methyl sites for hydroxylation is 1. The Morgan fingerprint density at radius 1 is 0.848 bits per heavy atom. The van der Waals surface area contributed by atoms with Gasteiger partial charge < -0.3 is 30.2 Å². The third-order valence-electron chi connectivity index (χ3n) is 8.72. The second-order valence-electron chi connectivity index (χ2n) is 12.1. The molecule has 46 heavy (non-hydrogen) atoms. The molecule has 3 N–H and O–H groups in total. The van der Waals surface area contributed by atoms with Gasteiger partial charge in [0.05, 0.1) is 0 Å². The molecule has 9 heteroatoms. The Kier molecular flexibility index (Phi) is 10.8. The number of piperidine rings is 1. The van der Waals surface area contributed by atoms with Crippen LogP contribution in [0.5, 0.6) is 11.5 Å². The monoisotopic (exact) mass is 623 g/mol. The zero-order valence-corrected chi connectivity index (χ0v) is 27.3. The highest BCUT2D eigenvalue weighted by Crippen LogP contribution is 2.29. The number of amides is 3. The lowest BCUT2D eigenvalue weighted by molar-refractivity contribution is 0.101. The van der Waals surface area contributed by atoms with Crippen LogP contribution in [0.1, 0.15) is 79.2 Å². The van der Waals surface area contributed by atoms with Crippen LogP contribution in [-0.2, 0) is 6.54 Å². The van der Waals surface area contributed by atoms with Crippen molar-refractivity contribution in [3.05, 3.63) is 83.6 Å². The first-order chi connectivity index (χ1) is 22.2. The van der Waals surface area contributed by atoms with Crippen molar-refractivity contribution in [3.8, 4) is 11.5 Å². The first-order valence-electron chi connectivity index (χ1n) is 16.4. The van der Waals surface area contributed by atoms with E-state index >= 15 is 0 Å². The Hall–Kier alpha value is -4.63. The standard InChI is InChI=1S/C37H45N5O4/c1-5-28(6-2)39-37(45)40-29-11-14-31(15-12-29)46-35-17-13-30(22-25(35)3)38-36(44)27-10-16-34-32(23-27)33(26(4)43)24-42(34)21-20-41-18-8-7-9-19-41/h10-17,22-24,28H,5-9,18-21H2,1-4H3,(H,38,44)(H2,39,40,45). The van der Waals surface area contributed by atoms with E-state index in [1.54, 1.807) is 37.3 Å². The molecule has 3 amide bonds. The number of carbonyl (C=O) groups excluding carboxylic acids is 3. The number of aromatic nitrogens is 1. The molecule has 1 saturated heterocycles. The molecule has 0 saturated carbocycles. The minimum atomic E-state index is -0.248. The van der Waals surface area contributed by atoms with Gasteiger partial charge in [-0.15, -0.1) is 0 Å². The molecule has 1 aliphatic rings. The van der Waals surface area contributed by atoms with E-state index in [9.17, 15) is 14.4 Å². The maximum Gasteiger partial charge on any atom is 0.319 e. The van der Waals surface area contributed by atoms with Crippen LogP contribution in [0.4, 0.5) is 16.2 Å². The summed E-state index contributed by atoms with van der Waals surface area (Å²) >= 11 is 0. The average Bonchev–Trinajstić information content (AvgIpc) is 3.43. The number of carbonyl (C=O) groups is 3. The van der Waals surface area contributed by atoms with Gasteiger partial charge >= 0.3 is 6.03 Å². The van der Waals surface area contributed by atoms with Gasteiger partial charge in [0, 0.05) is 58.7 Å². The van der Waals surface area contributed by atoms with Crippen LogP contribution in [0.2, 0.25) is 0 Å². The van der Waals surface area contributed by atoms with Gasteiger partial charge in [-0.05, 0) is 119 Å². The van der Waals surface area contributed by atoms with E-state index in [-0.39, 0.29) is 23.8 Å². The van der Waals surface area contributed by atoms with Crippen molar-refractivity contribution in [3.63, 3.8) is 0 Å². The lowest BCUT2D eigenvalue weighted by Crippen LogP contribution is -2.37. The molecule has 2 heterocycles. The molecule has 9 nitrogen and oxygen atoms in total. The molecule has 242 valence electrons. The molecule has 0 bridgehead atoms. The number of anilines is 2. The molecule has 0 aliphatic carbocycles. The van der Waals surface area contributed by atoms with Crippen LogP contribution in [-0.4, -0.2) is 52.9 Å². The third-order valence-corrected chi connectivity index (χ3v) is 8.72. The normalized spacial score (nSPS) is 13.5. The molecule has 5 rings (SSSR count). The van der Waals surface area contributed by atoms with Crippen LogP contribution >= 0.6 is 0 Å². The topological polar surface area (TPSA) is 105 Å². The van der Waals surface area contributed by atoms with Gasteiger partial charge in [0.1, 0.15) is 11.5 Å². The molecule has 0 atom stereocenters. The zero-order valence-electron chi connectivity index (χ0n) is 27.3. The highest BCUT2D eigenvalue weighted by Gasteiger charge is 2.17. The number of ketones is 1. The van der Waals surface area contributed by atoms with Crippen LogP contribution in [0.3, 0.4) is 0 Å². The van der Waals surface area contributed by atoms with Crippen molar-refractivity contribution in [2.75, 3.05) is 30.3 Å². The van der Waals surface area contributed by atoms with Crippen molar-refractivity contribution in [1.82, 2.24) is 14.8 Å². The quantitative estimate of drug-likeness (QED) is 0.139. The first-order valence-corrected chi connectivity index (χ1v) is 16.4. The molecule has 0 spiro atoms. The van der Waals surface area contributed by atoms with Gasteiger partial charge in [0.25, 0.3) is 5.91 Å². The van der Waals surface area contributed by atoms with Crippen LogP contribution in [0.25, 0.3) is 10.9 Å². The molecule has 4 aromatic rings. The van der Waals surface area contributed by atoms with Gasteiger partial charge in [0.15, 0.2) is 5.78 Å². The van der Waals surface area contributed by atoms with E-state index in [0.29, 0.717) is 34.0 Å². The maximum absolute atomic E-state index is 13.3. The second-order valence-corrected chi connectivity index (χ2v) is 12.1. The van der Waals surface area contributed by atoms with E-state index in [1.165, 1.54) is 19.3 Å². The van der Waals surface area contributed by atoms with Gasteiger partial charge in [-0.2, -0.15) is 0 Å². The Morgan fingerprint density at radius 3 is 2.24 bits per heavy atom. The fraction of sp³-hybridized carbons (Fsp3) is 0.378. The van der Waals surface area contributed by atoms with E-state index < -0.39 is 0 Å². The number of hydrogen-bond acceptors (Lipinski definition) is 5. The van der Waals surface area contributed by atoms with Gasteiger partial charge in [-0.25, -0.2) is 4.79 Å². The molecule has 0 radical (unpaired) electrons. The van der Waals surface area contributed by atoms with Crippen molar-refractivity contribution in [2.24, 2.45) is 0 Å². The number of nitrogens with one attached hydrogen (secondary N) is 3. The van der Waals surface area contributed by atoms with Crippen LogP contribution < -0.4 is 20.7 Å². The molecular weight excluding hydrogens is 578 g/mol. The van der Waals surface area contributed by atoms with Crippen molar-refractivity contribution >= 4 is 40.0 Å². The Labute approximate surface area is 271 Å². The molecular formula is C37H45N5O4. The van der Waals surface area contributed by atoms with E-state index in [0.717, 1.165) is 55.5 Å². The summed E-state index contributed by atoms with van der Waals surface area (Å²) in [5, 5.41) is 9.60. The number of hydrogen-bond donors (Lipinski definition) is 3. The Balaban J connectivity index is 1.22. The van der Waals surface area contributed by atoms with E-state index in [1.807, 2.05) is 57.3 Å². The largest absolute Gasteiger partial charge is 0.457 e. The average molecular weight is 624 g/mol. The van der Waals surface area contributed by atoms with Gasteiger partial charge in [-0.3, -0.25) is 9.59 Å². The smallest absolute Gasteiger partial charge is 0.319 e. The number of nitrogens with zero attached hydrogens (tertiary/aromatic N) is 2. The van der Waals surface area contributed by atoms with E-state index in [2.05, 4.69) is 25.4 Å². The number of fused-ring (bicyclic) bond motifs is 1. The number of likely N-dealkylation sites (tertiary alicyclic amines) is 1. The van der Waals surface area contributed by atoms with Crippen molar-refractivity contribution < 1.29 is 19.1 Å². The number of urea groups is 1. The predicted octanol–water partition coefficient (Wildman–Crippen LogP) is 7.99.